The van der Waals surface area contributed by atoms with Gasteiger partial charge in [0.25, 0.3) is 0 Å². The molecule has 0 spiro atoms. The maximum absolute atomic E-state index is 11.6. The van der Waals surface area contributed by atoms with Crippen LogP contribution in [0.5, 0.6) is 0 Å². The lowest BCUT2D eigenvalue weighted by molar-refractivity contribution is 0.241. The molecule has 108 valence electrons. The number of amides is 2. The minimum Gasteiger partial charge on any atom is -0.334 e. The van der Waals surface area contributed by atoms with Gasteiger partial charge in [-0.25, -0.2) is 13.2 Å². The minimum absolute atomic E-state index is 0.00858. The molecule has 0 radical (unpaired) electrons. The van der Waals surface area contributed by atoms with E-state index in [0.29, 0.717) is 11.4 Å². The number of hydrogen-bond acceptors (Lipinski definition) is 3. The van der Waals surface area contributed by atoms with E-state index < -0.39 is 15.9 Å². The molecule has 2 N–H and O–H groups in total. The highest BCUT2D eigenvalue weighted by atomic mass is 35.5. The van der Waals surface area contributed by atoms with Gasteiger partial charge in [-0.15, -0.1) is 0 Å². The van der Waals surface area contributed by atoms with Gasteiger partial charge >= 0.3 is 6.03 Å². The van der Waals surface area contributed by atoms with Crippen LogP contribution in [0.25, 0.3) is 6.08 Å². The van der Waals surface area contributed by atoms with Crippen molar-refractivity contribution in [1.82, 2.24) is 10.6 Å². The Hall–Kier alpha value is -1.53. The topological polar surface area (TPSA) is 75.3 Å². The quantitative estimate of drug-likeness (QED) is 0.893. The second kappa shape index (κ2) is 6.28. The van der Waals surface area contributed by atoms with Crippen molar-refractivity contribution < 1.29 is 13.2 Å². The van der Waals surface area contributed by atoms with Gasteiger partial charge in [-0.2, -0.15) is 0 Å². The molecule has 1 aliphatic heterocycles. The highest BCUT2D eigenvalue weighted by Crippen LogP contribution is 2.15. The molecule has 7 heteroatoms. The predicted octanol–water partition coefficient (Wildman–Crippen LogP) is 1.80. The number of sulfone groups is 1. The van der Waals surface area contributed by atoms with Crippen LogP contribution in [-0.4, -0.2) is 32.0 Å². The molecule has 1 saturated heterocycles. The molecule has 2 rings (SSSR count). The van der Waals surface area contributed by atoms with E-state index in [9.17, 15) is 13.2 Å². The SMILES string of the molecule is O=C(N/C=C/c1ccccc1Cl)NC1CCS(=O)(=O)C1. The van der Waals surface area contributed by atoms with Gasteiger partial charge in [0.05, 0.1) is 11.5 Å². The van der Waals surface area contributed by atoms with Crippen LogP contribution < -0.4 is 10.6 Å². The molecule has 0 aliphatic carbocycles. The number of urea groups is 1. The first kappa shape index (κ1) is 14.9. The van der Waals surface area contributed by atoms with Crippen molar-refractivity contribution in [1.29, 1.82) is 0 Å². The fraction of sp³-hybridized carbons (Fsp3) is 0.308. The van der Waals surface area contributed by atoms with Crippen molar-refractivity contribution >= 4 is 33.5 Å². The Morgan fingerprint density at radius 3 is 2.75 bits per heavy atom. The fourth-order valence-corrected chi connectivity index (χ4v) is 3.83. The fourth-order valence-electron chi connectivity index (χ4n) is 1.95. The Bertz CT molecular complexity index is 628. The largest absolute Gasteiger partial charge is 0.334 e. The lowest BCUT2D eigenvalue weighted by atomic mass is 10.2. The van der Waals surface area contributed by atoms with E-state index in [1.807, 2.05) is 18.2 Å². The lowest BCUT2D eigenvalue weighted by Crippen LogP contribution is -2.40. The molecule has 1 aromatic carbocycles. The summed E-state index contributed by atoms with van der Waals surface area (Å²) in [6.45, 7) is 0. The zero-order valence-corrected chi connectivity index (χ0v) is 12.2. The van der Waals surface area contributed by atoms with Crippen LogP contribution in [0.1, 0.15) is 12.0 Å². The summed E-state index contributed by atoms with van der Waals surface area (Å²) in [4.78, 5) is 11.6. The van der Waals surface area contributed by atoms with E-state index in [1.54, 1.807) is 12.1 Å². The van der Waals surface area contributed by atoms with E-state index in [4.69, 9.17) is 11.6 Å². The van der Waals surface area contributed by atoms with Crippen LogP contribution in [0.4, 0.5) is 4.79 Å². The molecule has 1 unspecified atom stereocenters. The highest BCUT2D eigenvalue weighted by molar-refractivity contribution is 7.91. The van der Waals surface area contributed by atoms with Gasteiger partial charge in [0.2, 0.25) is 0 Å². The summed E-state index contributed by atoms with van der Waals surface area (Å²) in [5.41, 5.74) is 0.790. The third-order valence-electron chi connectivity index (χ3n) is 2.95. The summed E-state index contributed by atoms with van der Waals surface area (Å²) < 4.78 is 22.5. The van der Waals surface area contributed by atoms with Crippen molar-refractivity contribution in [3.63, 3.8) is 0 Å². The van der Waals surface area contributed by atoms with Crippen molar-refractivity contribution in [3.05, 3.63) is 41.1 Å². The number of halogens is 1. The molecular weight excluding hydrogens is 300 g/mol. The van der Waals surface area contributed by atoms with E-state index in [2.05, 4.69) is 10.6 Å². The summed E-state index contributed by atoms with van der Waals surface area (Å²) in [7, 11) is -2.99. The van der Waals surface area contributed by atoms with Crippen LogP contribution >= 0.6 is 11.6 Å². The Morgan fingerprint density at radius 2 is 2.10 bits per heavy atom. The standard InChI is InChI=1S/C13H15ClN2O3S/c14-12-4-2-1-3-10(12)5-7-15-13(17)16-11-6-8-20(18,19)9-11/h1-5,7,11H,6,8-9H2,(H2,15,16,17)/b7-5+. The molecule has 20 heavy (non-hydrogen) atoms. The van der Waals surface area contributed by atoms with Gasteiger partial charge in [-0.05, 0) is 24.1 Å². The third-order valence-corrected chi connectivity index (χ3v) is 5.06. The molecule has 0 aromatic heterocycles. The maximum atomic E-state index is 11.6. The Kier molecular flexibility index (Phi) is 4.67. The summed E-state index contributed by atoms with van der Waals surface area (Å²) in [5.74, 6) is 0.141. The number of carbonyl (C=O) groups is 1. The third kappa shape index (κ3) is 4.25. The summed E-state index contributed by atoms with van der Waals surface area (Å²) in [6.07, 6.45) is 3.61. The average Bonchev–Trinajstić information content (AvgIpc) is 2.71. The number of nitrogens with one attached hydrogen (secondary N) is 2. The maximum Gasteiger partial charge on any atom is 0.319 e. The zero-order chi connectivity index (χ0) is 14.6. The van der Waals surface area contributed by atoms with Crippen molar-refractivity contribution in [3.8, 4) is 0 Å². The Balaban J connectivity index is 1.83. The highest BCUT2D eigenvalue weighted by Gasteiger charge is 2.28. The molecule has 1 heterocycles. The first-order chi connectivity index (χ1) is 9.46. The summed E-state index contributed by atoms with van der Waals surface area (Å²) in [6, 6.07) is 6.51. The van der Waals surface area contributed by atoms with Crippen LogP contribution in [0.2, 0.25) is 5.02 Å². The Morgan fingerprint density at radius 1 is 1.35 bits per heavy atom. The number of rotatable bonds is 3. The monoisotopic (exact) mass is 314 g/mol. The van der Waals surface area contributed by atoms with Crippen molar-refractivity contribution in [2.24, 2.45) is 0 Å². The van der Waals surface area contributed by atoms with E-state index >= 15 is 0 Å². The van der Waals surface area contributed by atoms with Crippen LogP contribution in [-0.2, 0) is 9.84 Å². The number of carbonyl (C=O) groups excluding carboxylic acids is 1. The molecular formula is C13H15ClN2O3S. The minimum atomic E-state index is -2.99. The molecule has 0 bridgehead atoms. The van der Waals surface area contributed by atoms with Gasteiger partial charge in [0.15, 0.2) is 9.84 Å². The first-order valence-electron chi connectivity index (χ1n) is 6.15. The van der Waals surface area contributed by atoms with Gasteiger partial charge < -0.3 is 10.6 Å². The number of hydrogen-bond donors (Lipinski definition) is 2. The van der Waals surface area contributed by atoms with Gasteiger partial charge in [0.1, 0.15) is 0 Å². The van der Waals surface area contributed by atoms with Crippen LogP contribution in [0.3, 0.4) is 0 Å². The molecule has 2 amide bonds. The molecule has 5 nitrogen and oxygen atoms in total. The van der Waals surface area contributed by atoms with E-state index in [1.165, 1.54) is 6.20 Å². The van der Waals surface area contributed by atoms with E-state index in [-0.39, 0.29) is 17.5 Å². The van der Waals surface area contributed by atoms with Crippen molar-refractivity contribution in [2.75, 3.05) is 11.5 Å². The Labute approximate surface area is 122 Å². The van der Waals surface area contributed by atoms with E-state index in [0.717, 1.165) is 5.56 Å². The normalized spacial score (nSPS) is 20.9. The summed E-state index contributed by atoms with van der Waals surface area (Å²) in [5, 5.41) is 5.74. The van der Waals surface area contributed by atoms with Gasteiger partial charge in [0, 0.05) is 17.3 Å². The molecule has 1 aliphatic rings. The van der Waals surface area contributed by atoms with Gasteiger partial charge in [-0.3, -0.25) is 0 Å². The lowest BCUT2D eigenvalue weighted by Gasteiger charge is -2.09. The molecule has 0 saturated carbocycles. The molecule has 1 fully saturated rings. The molecule has 1 aromatic rings. The second-order valence-corrected chi connectivity index (χ2v) is 7.21. The zero-order valence-electron chi connectivity index (χ0n) is 10.7. The van der Waals surface area contributed by atoms with Gasteiger partial charge in [-0.1, -0.05) is 29.8 Å². The second-order valence-electron chi connectivity index (χ2n) is 4.57. The first-order valence-corrected chi connectivity index (χ1v) is 8.35. The predicted molar refractivity (Wildman–Crippen MR) is 79.2 cm³/mol. The number of benzene rings is 1. The van der Waals surface area contributed by atoms with Crippen LogP contribution in [0, 0.1) is 0 Å². The smallest absolute Gasteiger partial charge is 0.319 e. The van der Waals surface area contributed by atoms with Crippen molar-refractivity contribution in [2.45, 2.75) is 12.5 Å². The summed E-state index contributed by atoms with van der Waals surface area (Å²) >= 11 is 5.96. The average molecular weight is 315 g/mol. The molecule has 1 atom stereocenters. The van der Waals surface area contributed by atoms with Crippen LogP contribution in [0.15, 0.2) is 30.5 Å².